The summed E-state index contributed by atoms with van der Waals surface area (Å²) in [5.41, 5.74) is 1.30. The van der Waals surface area contributed by atoms with Crippen LogP contribution in [0.5, 0.6) is 5.75 Å². The van der Waals surface area contributed by atoms with E-state index in [1.54, 1.807) is 0 Å². The Morgan fingerprint density at radius 1 is 1.19 bits per heavy atom. The lowest BCUT2D eigenvalue weighted by atomic mass is 9.83. The molecule has 2 rings (SSSR count). The fraction of sp³-hybridized carbons (Fsp3) is 0.667. The minimum absolute atomic E-state index is 0.163. The summed E-state index contributed by atoms with van der Waals surface area (Å²) in [7, 11) is 0. The van der Waals surface area contributed by atoms with Crippen molar-refractivity contribution in [2.75, 3.05) is 6.54 Å². The van der Waals surface area contributed by atoms with Gasteiger partial charge in [-0.15, -0.1) is 0 Å². The second-order valence-electron chi connectivity index (χ2n) is 6.51. The molecular formula is C18H28ClNO. The van der Waals surface area contributed by atoms with Crippen molar-refractivity contribution in [3.05, 3.63) is 28.8 Å². The van der Waals surface area contributed by atoms with Gasteiger partial charge in [0.15, 0.2) is 0 Å². The molecule has 1 aliphatic carbocycles. The quantitative estimate of drug-likeness (QED) is 0.784. The molecule has 1 aromatic rings. The van der Waals surface area contributed by atoms with Crippen molar-refractivity contribution in [3.63, 3.8) is 0 Å². The molecule has 0 saturated heterocycles. The van der Waals surface area contributed by atoms with E-state index >= 15 is 0 Å². The van der Waals surface area contributed by atoms with E-state index < -0.39 is 0 Å². The SMILES string of the molecule is CC(C)NCC(C)Oc1ccc(Cl)cc1C1CCCCC1. The topological polar surface area (TPSA) is 21.3 Å². The second kappa shape index (κ2) is 8.05. The number of nitrogens with one attached hydrogen (secondary N) is 1. The smallest absolute Gasteiger partial charge is 0.123 e. The first-order valence-electron chi connectivity index (χ1n) is 8.25. The lowest BCUT2D eigenvalue weighted by molar-refractivity contribution is 0.209. The van der Waals surface area contributed by atoms with Crippen molar-refractivity contribution < 1.29 is 4.74 Å². The summed E-state index contributed by atoms with van der Waals surface area (Å²) in [5.74, 6) is 1.63. The van der Waals surface area contributed by atoms with Crippen LogP contribution in [0.3, 0.4) is 0 Å². The molecule has 1 aliphatic rings. The Balaban J connectivity index is 2.07. The summed E-state index contributed by atoms with van der Waals surface area (Å²) < 4.78 is 6.18. The van der Waals surface area contributed by atoms with Gasteiger partial charge in [0.25, 0.3) is 0 Å². The summed E-state index contributed by atoms with van der Waals surface area (Å²) >= 11 is 6.21. The van der Waals surface area contributed by atoms with E-state index in [-0.39, 0.29) is 6.10 Å². The van der Waals surface area contributed by atoms with Crippen molar-refractivity contribution in [2.45, 2.75) is 70.9 Å². The van der Waals surface area contributed by atoms with Crippen LogP contribution in [0.1, 0.15) is 64.4 Å². The molecular weight excluding hydrogens is 282 g/mol. The van der Waals surface area contributed by atoms with Crippen LogP contribution in [0.15, 0.2) is 18.2 Å². The summed E-state index contributed by atoms with van der Waals surface area (Å²) in [6, 6.07) is 6.57. The number of rotatable bonds is 6. The highest BCUT2D eigenvalue weighted by molar-refractivity contribution is 6.30. The van der Waals surface area contributed by atoms with Crippen molar-refractivity contribution in [2.24, 2.45) is 0 Å². The standard InChI is InChI=1S/C18H28ClNO/c1-13(2)20-12-14(3)21-18-10-9-16(19)11-17(18)15-7-5-4-6-8-15/h9-11,13-15,20H,4-8,12H2,1-3H3. The average molecular weight is 310 g/mol. The highest BCUT2D eigenvalue weighted by atomic mass is 35.5. The Hall–Kier alpha value is -0.730. The van der Waals surface area contributed by atoms with Gasteiger partial charge < -0.3 is 10.1 Å². The molecule has 0 spiro atoms. The van der Waals surface area contributed by atoms with Crippen LogP contribution in [0.2, 0.25) is 5.02 Å². The summed E-state index contributed by atoms with van der Waals surface area (Å²) in [4.78, 5) is 0. The molecule has 2 nitrogen and oxygen atoms in total. The van der Waals surface area contributed by atoms with Gasteiger partial charge in [0, 0.05) is 17.6 Å². The number of benzene rings is 1. The van der Waals surface area contributed by atoms with Crippen LogP contribution < -0.4 is 10.1 Å². The monoisotopic (exact) mass is 309 g/mol. The minimum atomic E-state index is 0.163. The van der Waals surface area contributed by atoms with Gasteiger partial charge >= 0.3 is 0 Å². The van der Waals surface area contributed by atoms with Crippen molar-refractivity contribution in [3.8, 4) is 5.75 Å². The fourth-order valence-corrected chi connectivity index (χ4v) is 3.20. The maximum absolute atomic E-state index is 6.21. The molecule has 0 aliphatic heterocycles. The van der Waals surface area contributed by atoms with Crippen LogP contribution >= 0.6 is 11.6 Å². The van der Waals surface area contributed by atoms with Gasteiger partial charge in [-0.2, -0.15) is 0 Å². The summed E-state index contributed by atoms with van der Waals surface area (Å²) in [6.07, 6.45) is 6.69. The molecule has 3 heteroatoms. The van der Waals surface area contributed by atoms with E-state index in [4.69, 9.17) is 16.3 Å². The Morgan fingerprint density at radius 2 is 1.90 bits per heavy atom. The normalized spacial score (nSPS) is 18.0. The highest BCUT2D eigenvalue weighted by Gasteiger charge is 2.20. The fourth-order valence-electron chi connectivity index (χ4n) is 3.02. The maximum atomic E-state index is 6.21. The Morgan fingerprint density at radius 3 is 2.57 bits per heavy atom. The lowest BCUT2D eigenvalue weighted by Crippen LogP contribution is -2.33. The molecule has 0 amide bonds. The summed E-state index contributed by atoms with van der Waals surface area (Å²) in [6.45, 7) is 7.30. The molecule has 1 N–H and O–H groups in total. The predicted octanol–water partition coefficient (Wildman–Crippen LogP) is 5.15. The van der Waals surface area contributed by atoms with Crippen LogP contribution in [-0.2, 0) is 0 Å². The van der Waals surface area contributed by atoms with Gasteiger partial charge in [-0.05, 0) is 49.4 Å². The van der Waals surface area contributed by atoms with Crippen molar-refractivity contribution >= 4 is 11.6 Å². The molecule has 0 radical (unpaired) electrons. The lowest BCUT2D eigenvalue weighted by Gasteiger charge is -2.26. The zero-order chi connectivity index (χ0) is 15.2. The number of hydrogen-bond donors (Lipinski definition) is 1. The average Bonchev–Trinajstić information content (AvgIpc) is 2.48. The number of halogens is 1. The highest BCUT2D eigenvalue weighted by Crippen LogP contribution is 2.39. The van der Waals surface area contributed by atoms with E-state index in [1.807, 2.05) is 12.1 Å². The third-order valence-electron chi connectivity index (χ3n) is 4.16. The largest absolute Gasteiger partial charge is 0.489 e. The van der Waals surface area contributed by atoms with Gasteiger partial charge in [0.2, 0.25) is 0 Å². The number of ether oxygens (including phenoxy) is 1. The van der Waals surface area contributed by atoms with E-state index in [1.165, 1.54) is 37.7 Å². The third kappa shape index (κ3) is 5.19. The molecule has 0 bridgehead atoms. The van der Waals surface area contributed by atoms with Crippen LogP contribution in [0.4, 0.5) is 0 Å². The molecule has 1 unspecified atom stereocenters. The first-order valence-corrected chi connectivity index (χ1v) is 8.63. The van der Waals surface area contributed by atoms with E-state index in [9.17, 15) is 0 Å². The van der Waals surface area contributed by atoms with E-state index in [0.29, 0.717) is 12.0 Å². The van der Waals surface area contributed by atoms with E-state index in [0.717, 1.165) is 17.3 Å². The van der Waals surface area contributed by atoms with Crippen LogP contribution in [0.25, 0.3) is 0 Å². The van der Waals surface area contributed by atoms with Crippen molar-refractivity contribution in [1.82, 2.24) is 5.32 Å². The minimum Gasteiger partial charge on any atom is -0.489 e. The van der Waals surface area contributed by atoms with Gasteiger partial charge in [0.05, 0.1) is 0 Å². The predicted molar refractivity (Wildman–Crippen MR) is 90.5 cm³/mol. The second-order valence-corrected chi connectivity index (χ2v) is 6.94. The Kier molecular flexibility index (Phi) is 6.38. The van der Waals surface area contributed by atoms with Crippen LogP contribution in [-0.4, -0.2) is 18.7 Å². The number of hydrogen-bond acceptors (Lipinski definition) is 2. The van der Waals surface area contributed by atoms with Gasteiger partial charge in [-0.1, -0.05) is 44.7 Å². The van der Waals surface area contributed by atoms with Gasteiger partial charge in [0.1, 0.15) is 11.9 Å². The van der Waals surface area contributed by atoms with Gasteiger partial charge in [-0.3, -0.25) is 0 Å². The first-order chi connectivity index (χ1) is 10.1. The van der Waals surface area contributed by atoms with Crippen LogP contribution in [0, 0.1) is 0 Å². The Labute approximate surface area is 134 Å². The maximum Gasteiger partial charge on any atom is 0.123 e. The zero-order valence-electron chi connectivity index (χ0n) is 13.5. The molecule has 1 saturated carbocycles. The Bertz CT molecular complexity index is 441. The zero-order valence-corrected chi connectivity index (χ0v) is 14.2. The third-order valence-corrected chi connectivity index (χ3v) is 4.39. The molecule has 0 heterocycles. The molecule has 21 heavy (non-hydrogen) atoms. The van der Waals surface area contributed by atoms with Crippen molar-refractivity contribution in [1.29, 1.82) is 0 Å². The molecule has 0 aromatic heterocycles. The molecule has 1 atom stereocenters. The molecule has 1 fully saturated rings. The first kappa shape index (κ1) is 16.6. The summed E-state index contributed by atoms with van der Waals surface area (Å²) in [5, 5.41) is 4.24. The van der Waals surface area contributed by atoms with E-state index in [2.05, 4.69) is 32.2 Å². The molecule has 118 valence electrons. The van der Waals surface area contributed by atoms with Gasteiger partial charge in [-0.25, -0.2) is 0 Å². The molecule has 1 aromatic carbocycles.